The van der Waals surface area contributed by atoms with Gasteiger partial charge in [0.05, 0.1) is 12.1 Å². The fourth-order valence-electron chi connectivity index (χ4n) is 1.37. The molecule has 0 unspecified atom stereocenters. The van der Waals surface area contributed by atoms with E-state index in [2.05, 4.69) is 21.0 Å². The molecule has 3 nitrogen and oxygen atoms in total. The van der Waals surface area contributed by atoms with Crippen molar-refractivity contribution in [1.82, 2.24) is 0 Å². The van der Waals surface area contributed by atoms with Gasteiger partial charge in [-0.2, -0.15) is 18.3 Å². The van der Waals surface area contributed by atoms with Gasteiger partial charge in [0.15, 0.2) is 5.71 Å². The first-order chi connectivity index (χ1) is 7.88. The third-order valence-corrected chi connectivity index (χ3v) is 2.70. The number of anilines is 1. The Morgan fingerprint density at radius 3 is 2.29 bits per heavy atom. The monoisotopic (exact) mass is 306 g/mol. The Labute approximate surface area is 103 Å². The van der Waals surface area contributed by atoms with Crippen molar-refractivity contribution in [2.24, 2.45) is 5.10 Å². The topological polar surface area (TPSA) is 32.7 Å². The highest BCUT2D eigenvalue weighted by atomic mass is 79.9. The number of alkyl halides is 3. The van der Waals surface area contributed by atoms with Crippen LogP contribution in [0.5, 0.6) is 0 Å². The summed E-state index contributed by atoms with van der Waals surface area (Å²) in [6.45, 7) is 0. The van der Waals surface area contributed by atoms with Crippen molar-refractivity contribution in [3.8, 4) is 0 Å². The molecule has 0 radical (unpaired) electrons. The minimum atomic E-state index is -4.56. The number of hydrogen-bond donors (Lipinski definition) is 0. The smallest absolute Gasteiger partial charge is 0.272 e. The van der Waals surface area contributed by atoms with E-state index < -0.39 is 24.2 Å². The molecule has 90 valence electrons. The van der Waals surface area contributed by atoms with E-state index in [-0.39, 0.29) is 0 Å². The number of carbonyl (C=O) groups excluding carboxylic acids is 1. The van der Waals surface area contributed by atoms with Gasteiger partial charge >= 0.3 is 6.18 Å². The maximum absolute atomic E-state index is 12.4. The van der Waals surface area contributed by atoms with Gasteiger partial charge in [-0.15, -0.1) is 0 Å². The van der Waals surface area contributed by atoms with E-state index in [0.717, 1.165) is 9.48 Å². The zero-order valence-corrected chi connectivity index (χ0v) is 9.92. The highest BCUT2D eigenvalue weighted by Gasteiger charge is 2.42. The summed E-state index contributed by atoms with van der Waals surface area (Å²) in [5.41, 5.74) is -0.747. The standard InChI is InChI=1S/C10H6BrF3N2O/c11-6-1-3-7(4-2-6)16-9(17)5-8(15-16)10(12,13)14/h1-4H,5H2. The van der Waals surface area contributed by atoms with Gasteiger partial charge < -0.3 is 0 Å². The highest BCUT2D eigenvalue weighted by molar-refractivity contribution is 9.10. The van der Waals surface area contributed by atoms with E-state index in [1.807, 2.05) is 0 Å². The number of nitrogens with zero attached hydrogens (tertiary/aromatic N) is 2. The minimum absolute atomic E-state index is 0.317. The number of rotatable bonds is 1. The molecule has 1 aromatic rings. The number of amides is 1. The van der Waals surface area contributed by atoms with E-state index in [0.29, 0.717) is 5.69 Å². The Morgan fingerprint density at radius 2 is 1.82 bits per heavy atom. The normalized spacial score (nSPS) is 16.4. The number of hydrazone groups is 1. The average Bonchev–Trinajstić information content (AvgIpc) is 2.61. The van der Waals surface area contributed by atoms with E-state index in [1.54, 1.807) is 12.1 Å². The van der Waals surface area contributed by atoms with Gasteiger partial charge in [-0.3, -0.25) is 4.79 Å². The molecule has 0 spiro atoms. The lowest BCUT2D eigenvalue weighted by atomic mass is 10.2. The largest absolute Gasteiger partial charge is 0.431 e. The molecule has 2 rings (SSSR count). The van der Waals surface area contributed by atoms with Crippen LogP contribution in [0, 0.1) is 0 Å². The number of halogens is 4. The van der Waals surface area contributed by atoms with Crippen LogP contribution >= 0.6 is 15.9 Å². The van der Waals surface area contributed by atoms with E-state index >= 15 is 0 Å². The molecular formula is C10H6BrF3N2O. The predicted octanol–water partition coefficient (Wildman–Crippen LogP) is 3.10. The first-order valence-corrected chi connectivity index (χ1v) is 5.40. The molecule has 0 saturated carbocycles. The Morgan fingerprint density at radius 1 is 1.24 bits per heavy atom. The second-order valence-corrected chi connectivity index (χ2v) is 4.32. The maximum Gasteiger partial charge on any atom is 0.431 e. The molecule has 7 heteroatoms. The van der Waals surface area contributed by atoms with Gasteiger partial charge in [-0.1, -0.05) is 15.9 Å². The Balaban J connectivity index is 2.31. The van der Waals surface area contributed by atoms with Crippen LogP contribution in [0.2, 0.25) is 0 Å². The van der Waals surface area contributed by atoms with Crippen LogP contribution in [0.15, 0.2) is 33.8 Å². The van der Waals surface area contributed by atoms with Crippen molar-refractivity contribution < 1.29 is 18.0 Å². The van der Waals surface area contributed by atoms with Crippen molar-refractivity contribution in [2.45, 2.75) is 12.6 Å². The van der Waals surface area contributed by atoms with Gasteiger partial charge in [0.1, 0.15) is 0 Å². The van der Waals surface area contributed by atoms with E-state index in [4.69, 9.17) is 0 Å². The van der Waals surface area contributed by atoms with E-state index in [1.165, 1.54) is 12.1 Å². The lowest BCUT2D eigenvalue weighted by Crippen LogP contribution is -2.22. The Hall–Kier alpha value is -1.37. The van der Waals surface area contributed by atoms with Crippen LogP contribution < -0.4 is 5.01 Å². The lowest BCUT2D eigenvalue weighted by Gasteiger charge is -2.11. The van der Waals surface area contributed by atoms with Gasteiger partial charge in [0, 0.05) is 4.47 Å². The molecule has 0 bridgehead atoms. The molecule has 1 heterocycles. The summed E-state index contributed by atoms with van der Waals surface area (Å²) < 4.78 is 37.9. The van der Waals surface area contributed by atoms with Crippen LogP contribution in [-0.2, 0) is 4.79 Å². The van der Waals surface area contributed by atoms with Crippen molar-refractivity contribution in [2.75, 3.05) is 5.01 Å². The number of hydrogen-bond acceptors (Lipinski definition) is 2. The van der Waals surface area contributed by atoms with E-state index in [9.17, 15) is 18.0 Å². The van der Waals surface area contributed by atoms with Crippen molar-refractivity contribution in [3.05, 3.63) is 28.7 Å². The maximum atomic E-state index is 12.4. The van der Waals surface area contributed by atoms with Gasteiger partial charge in [-0.05, 0) is 24.3 Å². The van der Waals surface area contributed by atoms with Gasteiger partial charge in [0.25, 0.3) is 5.91 Å². The second-order valence-electron chi connectivity index (χ2n) is 3.40. The predicted molar refractivity (Wildman–Crippen MR) is 59.7 cm³/mol. The summed E-state index contributed by atoms with van der Waals surface area (Å²) in [5.74, 6) is -0.681. The SMILES string of the molecule is O=C1CC(C(F)(F)F)=NN1c1ccc(Br)cc1. The highest BCUT2D eigenvalue weighted by Crippen LogP contribution is 2.28. The molecule has 1 aliphatic heterocycles. The third-order valence-electron chi connectivity index (χ3n) is 2.17. The van der Waals surface area contributed by atoms with Crippen molar-refractivity contribution in [1.29, 1.82) is 0 Å². The fraction of sp³-hybridized carbons (Fsp3) is 0.200. The molecule has 0 saturated heterocycles. The second kappa shape index (κ2) is 4.14. The summed E-state index contributed by atoms with van der Waals surface area (Å²) in [5, 5.41) is 4.07. The Kier molecular flexibility index (Phi) is 2.94. The molecule has 0 atom stereocenters. The quantitative estimate of drug-likeness (QED) is 0.784. The zero-order valence-electron chi connectivity index (χ0n) is 8.33. The molecule has 0 N–H and O–H groups in total. The molecule has 1 amide bonds. The lowest BCUT2D eigenvalue weighted by molar-refractivity contribution is -0.117. The zero-order chi connectivity index (χ0) is 12.6. The van der Waals surface area contributed by atoms with Crippen molar-refractivity contribution >= 4 is 33.2 Å². The molecule has 1 aromatic carbocycles. The first-order valence-electron chi connectivity index (χ1n) is 4.61. The van der Waals surface area contributed by atoms with Crippen LogP contribution in [0.1, 0.15) is 6.42 Å². The first kappa shape index (κ1) is 12.1. The van der Waals surface area contributed by atoms with Crippen LogP contribution in [-0.4, -0.2) is 17.8 Å². The Bertz CT molecular complexity index is 481. The number of benzene rings is 1. The van der Waals surface area contributed by atoms with Crippen molar-refractivity contribution in [3.63, 3.8) is 0 Å². The summed E-state index contributed by atoms with van der Waals surface area (Å²) in [6, 6.07) is 6.29. The van der Waals surface area contributed by atoms with Gasteiger partial charge in [0.2, 0.25) is 0 Å². The molecule has 0 fully saturated rings. The summed E-state index contributed by atoms with van der Waals surface area (Å²) in [4.78, 5) is 11.4. The molecule has 1 aliphatic rings. The average molecular weight is 307 g/mol. The number of carbonyl (C=O) groups is 1. The fourth-order valence-corrected chi connectivity index (χ4v) is 1.64. The summed E-state index contributed by atoms with van der Waals surface area (Å²) in [7, 11) is 0. The minimum Gasteiger partial charge on any atom is -0.272 e. The summed E-state index contributed by atoms with van der Waals surface area (Å²) >= 11 is 3.19. The van der Waals surface area contributed by atoms with Crippen LogP contribution in [0.4, 0.5) is 18.9 Å². The van der Waals surface area contributed by atoms with Crippen LogP contribution in [0.3, 0.4) is 0 Å². The molecule has 0 aromatic heterocycles. The van der Waals surface area contributed by atoms with Crippen LogP contribution in [0.25, 0.3) is 0 Å². The van der Waals surface area contributed by atoms with Gasteiger partial charge in [-0.25, -0.2) is 5.01 Å². The molecular weight excluding hydrogens is 301 g/mol. The molecule has 17 heavy (non-hydrogen) atoms. The molecule has 0 aliphatic carbocycles. The third kappa shape index (κ3) is 2.49. The summed E-state index contributed by atoms with van der Waals surface area (Å²) in [6.07, 6.45) is -5.26.